The van der Waals surface area contributed by atoms with Crippen molar-refractivity contribution < 1.29 is 9.50 Å². The van der Waals surface area contributed by atoms with Gasteiger partial charge in [-0.15, -0.1) is 0 Å². The summed E-state index contributed by atoms with van der Waals surface area (Å²) in [6, 6.07) is 2.66. The first-order valence-corrected chi connectivity index (χ1v) is 7.06. The SMILES string of the molecule is CC(O)(C#CSI)c1ccc(F)cn1. The van der Waals surface area contributed by atoms with Crippen LogP contribution >= 0.6 is 30.1 Å². The quantitative estimate of drug-likeness (QED) is 0.637. The second kappa shape index (κ2) is 4.96. The summed E-state index contributed by atoms with van der Waals surface area (Å²) in [6.07, 6.45) is 1.06. The highest BCUT2D eigenvalue weighted by atomic mass is 127. The summed E-state index contributed by atoms with van der Waals surface area (Å²) in [7, 11) is 1.27. The molecule has 0 aliphatic heterocycles. The van der Waals surface area contributed by atoms with Crippen molar-refractivity contribution in [1.29, 1.82) is 0 Å². The molecule has 1 aromatic heterocycles. The molecule has 0 bridgehead atoms. The third-order valence-corrected chi connectivity index (χ3v) is 2.40. The third-order valence-electron chi connectivity index (χ3n) is 1.56. The Kier molecular flexibility index (Phi) is 4.16. The fraction of sp³-hybridized carbons (Fsp3) is 0.222. The Hall–Kier alpha value is -0.320. The number of pyridine rings is 1. The first-order chi connectivity index (χ1) is 6.56. The van der Waals surface area contributed by atoms with E-state index in [-0.39, 0.29) is 0 Å². The zero-order valence-corrected chi connectivity index (χ0v) is 10.3. The van der Waals surface area contributed by atoms with Gasteiger partial charge in [0.15, 0.2) is 5.60 Å². The Balaban J connectivity index is 2.97. The predicted octanol–water partition coefficient (Wildman–Crippen LogP) is 2.47. The Morgan fingerprint density at radius 3 is 2.86 bits per heavy atom. The zero-order chi connectivity index (χ0) is 10.6. The predicted molar refractivity (Wildman–Crippen MR) is 63.2 cm³/mol. The molecule has 1 heterocycles. The van der Waals surface area contributed by atoms with Crippen LogP contribution in [0.1, 0.15) is 12.6 Å². The summed E-state index contributed by atoms with van der Waals surface area (Å²) in [5, 5.41) is 12.5. The first kappa shape index (κ1) is 11.8. The second-order valence-electron chi connectivity index (χ2n) is 2.74. The van der Waals surface area contributed by atoms with Gasteiger partial charge < -0.3 is 5.11 Å². The molecule has 1 rings (SSSR count). The van der Waals surface area contributed by atoms with E-state index in [9.17, 15) is 9.50 Å². The number of hydrogen-bond acceptors (Lipinski definition) is 3. The third kappa shape index (κ3) is 3.12. The van der Waals surface area contributed by atoms with Gasteiger partial charge in [0.2, 0.25) is 0 Å². The molecule has 5 heteroatoms. The molecule has 0 aromatic carbocycles. The lowest BCUT2D eigenvalue weighted by Crippen LogP contribution is -2.20. The molecule has 0 fully saturated rings. The number of halogens is 2. The van der Waals surface area contributed by atoms with Crippen molar-refractivity contribution in [2.24, 2.45) is 0 Å². The van der Waals surface area contributed by atoms with E-state index in [1.165, 1.54) is 28.0 Å². The van der Waals surface area contributed by atoms with Crippen LogP contribution in [-0.4, -0.2) is 10.1 Å². The van der Waals surface area contributed by atoms with Gasteiger partial charge in [0.25, 0.3) is 0 Å². The lowest BCUT2D eigenvalue weighted by atomic mass is 10.0. The van der Waals surface area contributed by atoms with Crippen molar-refractivity contribution >= 4 is 30.1 Å². The van der Waals surface area contributed by atoms with Crippen LogP contribution in [0.15, 0.2) is 18.3 Å². The number of nitrogens with zero attached hydrogens (tertiary/aromatic N) is 1. The van der Waals surface area contributed by atoms with Gasteiger partial charge in [-0.05, 0) is 39.2 Å². The van der Waals surface area contributed by atoms with Crippen molar-refractivity contribution in [3.63, 3.8) is 0 Å². The Morgan fingerprint density at radius 1 is 1.64 bits per heavy atom. The highest BCUT2D eigenvalue weighted by Gasteiger charge is 2.21. The Morgan fingerprint density at radius 2 is 2.36 bits per heavy atom. The van der Waals surface area contributed by atoms with E-state index < -0.39 is 11.4 Å². The topological polar surface area (TPSA) is 33.1 Å². The van der Waals surface area contributed by atoms with E-state index in [1.807, 2.05) is 21.2 Å². The minimum atomic E-state index is -1.33. The highest BCUT2D eigenvalue weighted by molar-refractivity contribution is 14.2. The molecule has 1 unspecified atom stereocenters. The molecule has 2 nitrogen and oxygen atoms in total. The molecule has 14 heavy (non-hydrogen) atoms. The monoisotopic (exact) mass is 323 g/mol. The Labute approximate surface area is 97.9 Å². The summed E-state index contributed by atoms with van der Waals surface area (Å²) in [5.74, 6) is 2.19. The minimum absolute atomic E-state index is 0.344. The van der Waals surface area contributed by atoms with E-state index in [4.69, 9.17) is 0 Å². The summed E-state index contributed by atoms with van der Waals surface area (Å²) >= 11 is 2.00. The van der Waals surface area contributed by atoms with Crippen LogP contribution in [0.3, 0.4) is 0 Å². The maximum Gasteiger partial charge on any atom is 0.165 e. The molecule has 0 spiro atoms. The highest BCUT2D eigenvalue weighted by Crippen LogP contribution is 2.18. The van der Waals surface area contributed by atoms with Gasteiger partial charge in [-0.1, -0.05) is 0 Å². The van der Waals surface area contributed by atoms with Gasteiger partial charge in [-0.2, -0.15) is 0 Å². The van der Waals surface area contributed by atoms with Gasteiger partial charge in [0.05, 0.1) is 11.9 Å². The second-order valence-corrected chi connectivity index (χ2v) is 4.42. The van der Waals surface area contributed by atoms with Gasteiger partial charge in [0.1, 0.15) is 5.82 Å². The van der Waals surface area contributed by atoms with Gasteiger partial charge >= 0.3 is 0 Å². The van der Waals surface area contributed by atoms with Crippen molar-refractivity contribution in [3.05, 3.63) is 29.8 Å². The molecule has 74 valence electrons. The number of rotatable bonds is 1. The van der Waals surface area contributed by atoms with Crippen LogP contribution in [0.2, 0.25) is 0 Å². The van der Waals surface area contributed by atoms with Gasteiger partial charge in [-0.3, -0.25) is 4.98 Å². The molecule has 0 amide bonds. The number of aromatic nitrogens is 1. The lowest BCUT2D eigenvalue weighted by molar-refractivity contribution is 0.117. The number of hydrogen-bond donors (Lipinski definition) is 1. The van der Waals surface area contributed by atoms with Gasteiger partial charge in [-0.25, -0.2) is 4.39 Å². The molecular formula is C9H7FINOS. The summed E-state index contributed by atoms with van der Waals surface area (Å²) in [6.45, 7) is 1.52. The summed E-state index contributed by atoms with van der Waals surface area (Å²) in [5.41, 5.74) is -0.983. The lowest BCUT2D eigenvalue weighted by Gasteiger charge is -2.14. The molecule has 0 aliphatic carbocycles. The minimum Gasteiger partial charge on any atom is -0.372 e. The molecule has 1 atom stereocenters. The molecule has 0 aliphatic rings. The zero-order valence-electron chi connectivity index (χ0n) is 7.29. The van der Waals surface area contributed by atoms with Crippen LogP contribution < -0.4 is 0 Å². The van der Waals surface area contributed by atoms with E-state index in [0.29, 0.717) is 5.69 Å². The molecule has 1 N–H and O–H groups in total. The standard InChI is InChI=1S/C9H7FINOS/c1-9(13,4-5-14-11)8-3-2-7(10)6-12-8/h2-3,6,13H,1H3. The fourth-order valence-electron chi connectivity index (χ4n) is 0.846. The largest absolute Gasteiger partial charge is 0.372 e. The van der Waals surface area contributed by atoms with Crippen LogP contribution in [-0.2, 0) is 5.60 Å². The molecule has 0 radical (unpaired) electrons. The van der Waals surface area contributed by atoms with Gasteiger partial charge in [0, 0.05) is 21.2 Å². The van der Waals surface area contributed by atoms with Crippen molar-refractivity contribution in [3.8, 4) is 11.2 Å². The maximum atomic E-state index is 12.5. The van der Waals surface area contributed by atoms with Crippen LogP contribution in [0.5, 0.6) is 0 Å². The molecular weight excluding hydrogens is 316 g/mol. The van der Waals surface area contributed by atoms with Crippen LogP contribution in [0, 0.1) is 17.0 Å². The van der Waals surface area contributed by atoms with Crippen molar-refractivity contribution in [1.82, 2.24) is 4.98 Å². The van der Waals surface area contributed by atoms with E-state index in [1.54, 1.807) is 0 Å². The molecule has 1 aromatic rings. The maximum absolute atomic E-state index is 12.5. The number of aliphatic hydroxyl groups is 1. The summed E-state index contributed by atoms with van der Waals surface area (Å²) < 4.78 is 12.5. The average Bonchev–Trinajstić information content (AvgIpc) is 2.16. The first-order valence-electron chi connectivity index (χ1n) is 3.70. The van der Waals surface area contributed by atoms with Crippen LogP contribution in [0.25, 0.3) is 0 Å². The molecule has 0 saturated carbocycles. The van der Waals surface area contributed by atoms with E-state index >= 15 is 0 Å². The average molecular weight is 323 g/mol. The van der Waals surface area contributed by atoms with E-state index in [0.717, 1.165) is 6.20 Å². The normalized spacial score (nSPS) is 14.0. The van der Waals surface area contributed by atoms with Crippen molar-refractivity contribution in [2.75, 3.05) is 0 Å². The van der Waals surface area contributed by atoms with E-state index in [2.05, 4.69) is 16.2 Å². The fourth-order valence-corrected chi connectivity index (χ4v) is 1.41. The Bertz CT molecular complexity index is 369. The smallest absolute Gasteiger partial charge is 0.165 e. The van der Waals surface area contributed by atoms with Crippen LogP contribution in [0.4, 0.5) is 4.39 Å². The summed E-state index contributed by atoms with van der Waals surface area (Å²) in [4.78, 5) is 3.76. The molecule has 0 saturated heterocycles. The van der Waals surface area contributed by atoms with Crippen molar-refractivity contribution in [2.45, 2.75) is 12.5 Å².